The third-order valence-electron chi connectivity index (χ3n) is 5.03. The molecular formula is C17H29N5O2. The molecule has 1 atom stereocenters. The zero-order valence-electron chi connectivity index (χ0n) is 15.0. The highest BCUT2D eigenvalue weighted by molar-refractivity contribution is 5.36. The Hall–Kier alpha value is -1.44. The van der Waals surface area contributed by atoms with E-state index >= 15 is 0 Å². The van der Waals surface area contributed by atoms with Crippen molar-refractivity contribution in [2.24, 2.45) is 7.05 Å². The third-order valence-corrected chi connectivity index (χ3v) is 5.03. The number of aryl methyl sites for hydroxylation is 1. The molecule has 2 fully saturated rings. The van der Waals surface area contributed by atoms with Crippen molar-refractivity contribution in [1.82, 2.24) is 19.4 Å². The molecule has 24 heavy (non-hydrogen) atoms. The fourth-order valence-electron chi connectivity index (χ4n) is 3.45. The fraction of sp³-hybridized carbons (Fsp3) is 0.765. The maximum absolute atomic E-state index is 12.2. The maximum atomic E-state index is 12.2. The Labute approximate surface area is 143 Å². The van der Waals surface area contributed by atoms with Crippen LogP contribution < -0.4 is 10.5 Å². The van der Waals surface area contributed by atoms with Crippen LogP contribution in [0.2, 0.25) is 0 Å². The summed E-state index contributed by atoms with van der Waals surface area (Å²) >= 11 is 0. The average Bonchev–Trinajstić information content (AvgIpc) is 2.58. The van der Waals surface area contributed by atoms with Gasteiger partial charge in [-0.3, -0.25) is 14.6 Å². The van der Waals surface area contributed by atoms with Gasteiger partial charge in [0, 0.05) is 71.3 Å². The van der Waals surface area contributed by atoms with Crippen molar-refractivity contribution < 1.29 is 4.74 Å². The number of rotatable bonds is 4. The summed E-state index contributed by atoms with van der Waals surface area (Å²) in [6.07, 6.45) is 3.68. The summed E-state index contributed by atoms with van der Waals surface area (Å²) < 4.78 is 7.53. The van der Waals surface area contributed by atoms with Gasteiger partial charge in [0.25, 0.3) is 5.56 Å². The Morgan fingerprint density at radius 2 is 2.00 bits per heavy atom. The summed E-state index contributed by atoms with van der Waals surface area (Å²) in [6.45, 7) is 11.9. The van der Waals surface area contributed by atoms with Crippen LogP contribution in [0.25, 0.3) is 0 Å². The molecule has 7 nitrogen and oxygen atoms in total. The van der Waals surface area contributed by atoms with Gasteiger partial charge in [0.2, 0.25) is 0 Å². The van der Waals surface area contributed by atoms with Crippen LogP contribution in [-0.4, -0.2) is 83.9 Å². The standard InChI is InChI=1S/C17H29N5O2/c1-14(2)22-10-11-24-15(13-22)12-20-6-8-21(9-7-20)16-17(23)19(3)5-4-18-16/h4-5,14-15H,6-13H2,1-3H3/t15-/m0/s1. The van der Waals surface area contributed by atoms with Crippen LogP contribution in [0.5, 0.6) is 0 Å². The molecular weight excluding hydrogens is 306 g/mol. The SMILES string of the molecule is CC(C)N1CCO[C@@H](CN2CCN(c3nccn(C)c3=O)CC2)C1. The number of morpholine rings is 1. The lowest BCUT2D eigenvalue weighted by Crippen LogP contribution is -2.54. The van der Waals surface area contributed by atoms with E-state index in [-0.39, 0.29) is 11.7 Å². The first-order valence-electron chi connectivity index (χ1n) is 8.89. The number of piperazine rings is 1. The average molecular weight is 335 g/mol. The first-order valence-corrected chi connectivity index (χ1v) is 8.89. The van der Waals surface area contributed by atoms with Crippen LogP contribution in [0.3, 0.4) is 0 Å². The van der Waals surface area contributed by atoms with Crippen molar-refractivity contribution in [1.29, 1.82) is 0 Å². The summed E-state index contributed by atoms with van der Waals surface area (Å²) in [6, 6.07) is 0.577. The van der Waals surface area contributed by atoms with Crippen LogP contribution in [0.4, 0.5) is 5.82 Å². The predicted molar refractivity (Wildman–Crippen MR) is 94.6 cm³/mol. The molecule has 1 aromatic heterocycles. The Morgan fingerprint density at radius 3 is 2.71 bits per heavy atom. The molecule has 0 aliphatic carbocycles. The van der Waals surface area contributed by atoms with Gasteiger partial charge in [-0.25, -0.2) is 4.98 Å². The number of nitrogens with zero attached hydrogens (tertiary/aromatic N) is 5. The summed E-state index contributed by atoms with van der Waals surface area (Å²) in [4.78, 5) is 23.5. The molecule has 2 aliphatic rings. The Morgan fingerprint density at radius 1 is 1.25 bits per heavy atom. The van der Waals surface area contributed by atoms with E-state index in [9.17, 15) is 4.79 Å². The highest BCUT2D eigenvalue weighted by atomic mass is 16.5. The van der Waals surface area contributed by atoms with Crippen LogP contribution in [0, 0.1) is 0 Å². The normalized spacial score (nSPS) is 23.8. The molecule has 0 radical (unpaired) electrons. The van der Waals surface area contributed by atoms with Crippen LogP contribution in [0.1, 0.15) is 13.8 Å². The van der Waals surface area contributed by atoms with E-state index in [1.165, 1.54) is 0 Å². The second-order valence-corrected chi connectivity index (χ2v) is 7.04. The topological polar surface area (TPSA) is 53.8 Å². The molecule has 0 unspecified atom stereocenters. The summed E-state index contributed by atoms with van der Waals surface area (Å²) in [7, 11) is 1.77. The summed E-state index contributed by atoms with van der Waals surface area (Å²) in [5, 5.41) is 0. The molecule has 1 aromatic rings. The fourth-order valence-corrected chi connectivity index (χ4v) is 3.45. The third kappa shape index (κ3) is 3.96. The highest BCUT2D eigenvalue weighted by Crippen LogP contribution is 2.13. The van der Waals surface area contributed by atoms with Gasteiger partial charge in [0.05, 0.1) is 12.7 Å². The van der Waals surface area contributed by atoms with E-state index in [2.05, 4.69) is 33.5 Å². The largest absolute Gasteiger partial charge is 0.374 e. The van der Waals surface area contributed by atoms with Gasteiger partial charge in [-0.2, -0.15) is 0 Å². The van der Waals surface area contributed by atoms with E-state index < -0.39 is 0 Å². The number of hydrogen-bond donors (Lipinski definition) is 0. The maximum Gasteiger partial charge on any atom is 0.293 e. The number of aromatic nitrogens is 2. The van der Waals surface area contributed by atoms with Crippen molar-refractivity contribution in [2.45, 2.75) is 26.0 Å². The molecule has 3 rings (SSSR count). The minimum atomic E-state index is -0.0193. The van der Waals surface area contributed by atoms with Gasteiger partial charge in [-0.15, -0.1) is 0 Å². The highest BCUT2D eigenvalue weighted by Gasteiger charge is 2.26. The quantitative estimate of drug-likeness (QED) is 0.773. The number of anilines is 1. The molecule has 7 heteroatoms. The van der Waals surface area contributed by atoms with Crippen LogP contribution in [0.15, 0.2) is 17.2 Å². The second kappa shape index (κ2) is 7.63. The van der Waals surface area contributed by atoms with Crippen molar-refractivity contribution in [3.8, 4) is 0 Å². The zero-order valence-corrected chi connectivity index (χ0v) is 15.0. The molecule has 134 valence electrons. The Kier molecular flexibility index (Phi) is 5.53. The predicted octanol–water partition coefficient (Wildman–Crippen LogP) is 0.0115. The molecule has 0 spiro atoms. The number of ether oxygens (including phenoxy) is 1. The first kappa shape index (κ1) is 17.4. The van der Waals surface area contributed by atoms with Gasteiger partial charge in [-0.05, 0) is 13.8 Å². The zero-order chi connectivity index (χ0) is 17.1. The molecule has 2 aliphatic heterocycles. The van der Waals surface area contributed by atoms with Crippen molar-refractivity contribution >= 4 is 5.82 Å². The molecule has 0 amide bonds. The van der Waals surface area contributed by atoms with Crippen molar-refractivity contribution in [2.75, 3.05) is 57.3 Å². The van der Waals surface area contributed by atoms with Crippen molar-refractivity contribution in [3.63, 3.8) is 0 Å². The van der Waals surface area contributed by atoms with Crippen LogP contribution in [-0.2, 0) is 11.8 Å². The Balaban J connectivity index is 1.52. The first-order chi connectivity index (χ1) is 11.5. The van der Waals surface area contributed by atoms with Crippen LogP contribution >= 0.6 is 0 Å². The minimum Gasteiger partial charge on any atom is -0.374 e. The van der Waals surface area contributed by atoms with E-state index in [4.69, 9.17) is 4.74 Å². The van der Waals surface area contributed by atoms with Gasteiger partial charge < -0.3 is 14.2 Å². The minimum absolute atomic E-state index is 0.0193. The van der Waals surface area contributed by atoms with Gasteiger partial charge in [0.1, 0.15) is 0 Å². The van der Waals surface area contributed by atoms with E-state index in [1.807, 2.05) is 0 Å². The monoisotopic (exact) mass is 335 g/mol. The van der Waals surface area contributed by atoms with Crippen molar-refractivity contribution in [3.05, 3.63) is 22.7 Å². The molecule has 0 aromatic carbocycles. The molecule has 0 N–H and O–H groups in total. The lowest BCUT2D eigenvalue weighted by Gasteiger charge is -2.40. The van der Waals surface area contributed by atoms with E-state index in [1.54, 1.807) is 24.0 Å². The van der Waals surface area contributed by atoms with Gasteiger partial charge in [-0.1, -0.05) is 0 Å². The lowest BCUT2D eigenvalue weighted by molar-refractivity contribution is -0.0525. The van der Waals surface area contributed by atoms with E-state index in [0.29, 0.717) is 11.9 Å². The summed E-state index contributed by atoms with van der Waals surface area (Å²) in [5.41, 5.74) is -0.0193. The Bertz CT molecular complexity index is 595. The molecule has 0 bridgehead atoms. The molecule has 2 saturated heterocycles. The second-order valence-electron chi connectivity index (χ2n) is 7.04. The smallest absolute Gasteiger partial charge is 0.293 e. The van der Waals surface area contributed by atoms with Gasteiger partial charge >= 0.3 is 0 Å². The van der Waals surface area contributed by atoms with E-state index in [0.717, 1.165) is 52.4 Å². The molecule has 3 heterocycles. The molecule has 0 saturated carbocycles. The summed E-state index contributed by atoms with van der Waals surface area (Å²) in [5.74, 6) is 0.569. The lowest BCUT2D eigenvalue weighted by atomic mass is 10.2. The van der Waals surface area contributed by atoms with Gasteiger partial charge in [0.15, 0.2) is 5.82 Å². The number of hydrogen-bond acceptors (Lipinski definition) is 6.